The van der Waals surface area contributed by atoms with E-state index < -0.39 is 22.3 Å². The molecule has 14 heteroatoms. The van der Waals surface area contributed by atoms with Crippen LogP contribution in [0.1, 0.15) is 34.6 Å². The molecular formula is C25H46N2O11S. The molecule has 0 saturated heterocycles. The summed E-state index contributed by atoms with van der Waals surface area (Å²) in [6.45, 7) is 22.2. The third-order valence-electron chi connectivity index (χ3n) is 2.99. The summed E-state index contributed by atoms with van der Waals surface area (Å²) in [5.41, 5.74) is 0.800. The summed E-state index contributed by atoms with van der Waals surface area (Å²) in [6, 6.07) is 0. The minimum absolute atomic E-state index is 0.0556. The Hall–Kier alpha value is -3.33. The average Bonchev–Trinajstić information content (AvgIpc) is 2.79. The van der Waals surface area contributed by atoms with E-state index in [1.54, 1.807) is 34.9 Å². The lowest BCUT2D eigenvalue weighted by atomic mass is 10.4. The zero-order valence-corrected chi connectivity index (χ0v) is 25.4. The van der Waals surface area contributed by atoms with Crippen molar-refractivity contribution < 1.29 is 50.9 Å². The molecule has 0 aliphatic carbocycles. The fraction of sp³-hybridized carbons (Fsp3) is 0.520. The topological polar surface area (TPSA) is 177 Å². The molecule has 13 nitrogen and oxygen atoms in total. The van der Waals surface area contributed by atoms with Gasteiger partial charge in [0.15, 0.2) is 0 Å². The Balaban J connectivity index is -0.000000126. The van der Waals surface area contributed by atoms with Crippen LogP contribution in [-0.4, -0.2) is 107 Å². The van der Waals surface area contributed by atoms with Gasteiger partial charge in [-0.1, -0.05) is 26.3 Å². The van der Waals surface area contributed by atoms with E-state index in [1.807, 2.05) is 19.0 Å². The molecule has 0 aliphatic heterocycles. The van der Waals surface area contributed by atoms with E-state index in [-0.39, 0.29) is 36.2 Å². The van der Waals surface area contributed by atoms with Crippen molar-refractivity contribution in [1.29, 1.82) is 0 Å². The zero-order valence-electron chi connectivity index (χ0n) is 24.6. The van der Waals surface area contributed by atoms with E-state index in [4.69, 9.17) is 14.9 Å². The molecule has 0 fully saturated rings. The summed E-state index contributed by atoms with van der Waals surface area (Å²) in [6.07, 6.45) is 1.28. The summed E-state index contributed by atoms with van der Waals surface area (Å²) in [5, 5.41) is 15.8. The second-order valence-corrected chi connectivity index (χ2v) is 8.84. The lowest BCUT2D eigenvalue weighted by Crippen LogP contribution is -2.20. The lowest BCUT2D eigenvalue weighted by molar-refractivity contribution is -0.139. The highest BCUT2D eigenvalue weighted by molar-refractivity contribution is 7.81. The molecule has 0 heterocycles. The van der Waals surface area contributed by atoms with Crippen molar-refractivity contribution >= 4 is 34.2 Å². The van der Waals surface area contributed by atoms with Crippen LogP contribution in [0.2, 0.25) is 0 Å². The standard InChI is InChI=1S/C8H15NO2.C5H9NO.C4H10O4S.2C4H6O2/c1-7(2)8(10)11-6-5-9(3)4;1-4-5(7)6(2)3;1-3-7-9(5,6)8-4-2;2*1-3(2)4(5)6/h1,5-6H2,2-4H3;4H,1H2,2-3H3;3-4H2,1-2H3;2*1H2,2H3,(H,5,6). The van der Waals surface area contributed by atoms with Crippen molar-refractivity contribution in [2.24, 2.45) is 0 Å². The number of carboxylic acid groups (broad SMARTS) is 2. The zero-order chi connectivity index (χ0) is 32.4. The van der Waals surface area contributed by atoms with Crippen LogP contribution in [-0.2, 0) is 42.7 Å². The van der Waals surface area contributed by atoms with Crippen molar-refractivity contribution in [3.05, 3.63) is 49.1 Å². The molecule has 0 atom stereocenters. The molecule has 0 saturated carbocycles. The van der Waals surface area contributed by atoms with E-state index in [2.05, 4.69) is 34.7 Å². The number of esters is 1. The second kappa shape index (κ2) is 27.7. The van der Waals surface area contributed by atoms with Gasteiger partial charge in [0.05, 0.1) is 13.2 Å². The highest BCUT2D eigenvalue weighted by atomic mass is 32.3. The Morgan fingerprint density at radius 3 is 1.28 bits per heavy atom. The van der Waals surface area contributed by atoms with E-state index in [1.165, 1.54) is 24.8 Å². The van der Waals surface area contributed by atoms with Crippen LogP contribution in [0.4, 0.5) is 0 Å². The fourth-order valence-corrected chi connectivity index (χ4v) is 1.59. The molecule has 0 bridgehead atoms. The minimum Gasteiger partial charge on any atom is -0.478 e. The summed E-state index contributed by atoms with van der Waals surface area (Å²) in [4.78, 5) is 43.7. The van der Waals surface area contributed by atoms with Gasteiger partial charge in [0, 0.05) is 37.4 Å². The van der Waals surface area contributed by atoms with Crippen LogP contribution >= 0.6 is 0 Å². The molecule has 228 valence electrons. The predicted molar refractivity (Wildman–Crippen MR) is 150 cm³/mol. The Bertz CT molecular complexity index is 834. The Kier molecular flexibility index (Phi) is 32.4. The first-order chi connectivity index (χ1) is 17.6. The van der Waals surface area contributed by atoms with Gasteiger partial charge in [0.2, 0.25) is 5.91 Å². The maximum atomic E-state index is 10.8. The molecule has 0 aromatic heterocycles. The van der Waals surface area contributed by atoms with E-state index in [0.29, 0.717) is 12.2 Å². The summed E-state index contributed by atoms with van der Waals surface area (Å²) < 4.78 is 34.0. The molecule has 2 N–H and O–H groups in total. The first-order valence-electron chi connectivity index (χ1n) is 11.3. The van der Waals surface area contributed by atoms with Crippen LogP contribution in [0, 0.1) is 0 Å². The Morgan fingerprint density at radius 2 is 1.13 bits per heavy atom. The number of hydrogen-bond acceptors (Lipinski definition) is 10. The van der Waals surface area contributed by atoms with Crippen molar-refractivity contribution in [2.75, 3.05) is 54.6 Å². The van der Waals surface area contributed by atoms with Crippen LogP contribution < -0.4 is 0 Å². The Labute approximate surface area is 233 Å². The molecular weight excluding hydrogens is 536 g/mol. The predicted octanol–water partition coefficient (Wildman–Crippen LogP) is 2.53. The van der Waals surface area contributed by atoms with Gasteiger partial charge in [-0.15, -0.1) is 0 Å². The number of amides is 1. The molecule has 0 aliphatic rings. The van der Waals surface area contributed by atoms with Gasteiger partial charge in [-0.2, -0.15) is 8.42 Å². The van der Waals surface area contributed by atoms with E-state index in [0.717, 1.165) is 6.54 Å². The number of likely N-dealkylation sites (N-methyl/N-ethyl adjacent to an activating group) is 2. The van der Waals surface area contributed by atoms with Crippen LogP contribution in [0.15, 0.2) is 49.1 Å². The molecule has 1 amide bonds. The number of rotatable bonds is 11. The molecule has 0 aromatic carbocycles. The smallest absolute Gasteiger partial charge is 0.399 e. The van der Waals surface area contributed by atoms with Gasteiger partial charge in [-0.05, 0) is 54.8 Å². The molecule has 0 spiro atoms. The maximum absolute atomic E-state index is 10.8. The number of aliphatic carboxylic acids is 2. The number of carbonyl (C=O) groups is 4. The van der Waals surface area contributed by atoms with E-state index >= 15 is 0 Å². The molecule has 0 unspecified atom stereocenters. The molecule has 0 rings (SSSR count). The SMILES string of the molecule is C=C(C)C(=O)O.C=C(C)C(=O)O.C=C(C)C(=O)OCCN(C)C.C=CC(=O)N(C)C.CCOS(=O)(=O)OCC. The summed E-state index contributed by atoms with van der Waals surface area (Å²) >= 11 is 0. The first-order valence-corrected chi connectivity index (χ1v) is 12.6. The van der Waals surface area contributed by atoms with Gasteiger partial charge >= 0.3 is 28.3 Å². The van der Waals surface area contributed by atoms with Crippen LogP contribution in [0.25, 0.3) is 0 Å². The van der Waals surface area contributed by atoms with Gasteiger partial charge in [-0.3, -0.25) is 4.79 Å². The second-order valence-electron chi connectivity index (χ2n) is 7.55. The number of ether oxygens (including phenoxy) is 1. The molecule has 0 aromatic rings. The van der Waals surface area contributed by atoms with Gasteiger partial charge in [0.25, 0.3) is 0 Å². The average molecular weight is 583 g/mol. The van der Waals surface area contributed by atoms with Crippen LogP contribution in [0.5, 0.6) is 0 Å². The summed E-state index contributed by atoms with van der Waals surface area (Å²) in [5.74, 6) is -2.24. The largest absolute Gasteiger partial charge is 0.478 e. The molecule has 0 radical (unpaired) electrons. The van der Waals surface area contributed by atoms with Crippen molar-refractivity contribution in [2.45, 2.75) is 34.6 Å². The number of carboxylic acids is 2. The third kappa shape index (κ3) is 45.0. The van der Waals surface area contributed by atoms with Gasteiger partial charge in [0.1, 0.15) is 6.61 Å². The highest BCUT2D eigenvalue weighted by Crippen LogP contribution is 1.93. The van der Waals surface area contributed by atoms with Crippen molar-refractivity contribution in [3.63, 3.8) is 0 Å². The summed E-state index contributed by atoms with van der Waals surface area (Å²) in [7, 11) is 3.54. The van der Waals surface area contributed by atoms with Crippen LogP contribution in [0.3, 0.4) is 0 Å². The lowest BCUT2D eigenvalue weighted by Gasteiger charge is -2.09. The van der Waals surface area contributed by atoms with Gasteiger partial charge < -0.3 is 24.7 Å². The fourth-order valence-electron chi connectivity index (χ4n) is 0.949. The quantitative estimate of drug-likeness (QED) is 0.269. The van der Waals surface area contributed by atoms with E-state index in [9.17, 15) is 27.6 Å². The highest BCUT2D eigenvalue weighted by Gasteiger charge is 2.07. The maximum Gasteiger partial charge on any atom is 0.399 e. The number of hydrogen-bond donors (Lipinski definition) is 2. The van der Waals surface area contributed by atoms with Crippen molar-refractivity contribution in [3.8, 4) is 0 Å². The third-order valence-corrected chi connectivity index (χ3v) is 4.04. The van der Waals surface area contributed by atoms with Crippen molar-refractivity contribution in [1.82, 2.24) is 9.80 Å². The monoisotopic (exact) mass is 582 g/mol. The Morgan fingerprint density at radius 1 is 0.795 bits per heavy atom. The minimum atomic E-state index is -3.68. The normalized spacial score (nSPS) is 9.18. The molecule has 39 heavy (non-hydrogen) atoms. The number of carbonyl (C=O) groups excluding carboxylic acids is 2. The number of nitrogens with zero attached hydrogens (tertiary/aromatic N) is 2. The first kappa shape index (κ1) is 45.6. The van der Waals surface area contributed by atoms with Gasteiger partial charge in [-0.25, -0.2) is 22.7 Å².